The van der Waals surface area contributed by atoms with Crippen molar-refractivity contribution in [3.05, 3.63) is 209 Å². The second kappa shape index (κ2) is 14.1. The van der Waals surface area contributed by atoms with Crippen LogP contribution >= 0.6 is 27.3 Å². The molecule has 0 aliphatic heterocycles. The molecule has 0 bridgehead atoms. The number of nitro benzene ring substituents is 1. The maximum absolute atomic E-state index is 12.1. The van der Waals surface area contributed by atoms with Crippen molar-refractivity contribution in [3.63, 3.8) is 0 Å². The first kappa shape index (κ1) is 35.1. The molecule has 11 aromatic rings. The van der Waals surface area contributed by atoms with E-state index in [0.29, 0.717) is 9.86 Å². The number of benzene rings is 9. The second-order valence-electron chi connectivity index (χ2n) is 14.7. The van der Waals surface area contributed by atoms with Gasteiger partial charge in [-0.3, -0.25) is 10.1 Å². The molecular formula is C52H32BrN3O2S. The third kappa shape index (κ3) is 5.97. The van der Waals surface area contributed by atoms with Crippen molar-refractivity contribution >= 4 is 103 Å². The highest BCUT2D eigenvalue weighted by molar-refractivity contribution is 9.10. The van der Waals surface area contributed by atoms with Crippen molar-refractivity contribution in [3.8, 4) is 27.9 Å². The summed E-state index contributed by atoms with van der Waals surface area (Å²) in [7, 11) is 0. The summed E-state index contributed by atoms with van der Waals surface area (Å²) in [5.41, 5.74) is 10.6. The second-order valence-corrected chi connectivity index (χ2v) is 16.7. The lowest BCUT2D eigenvalue weighted by atomic mass is 9.95. The summed E-state index contributed by atoms with van der Waals surface area (Å²) in [6.45, 7) is 0. The molecule has 0 saturated heterocycles. The Kier molecular flexibility index (Phi) is 8.39. The van der Waals surface area contributed by atoms with E-state index in [9.17, 15) is 10.1 Å². The fourth-order valence-corrected chi connectivity index (χ4v) is 10.3. The van der Waals surface area contributed by atoms with E-state index in [4.69, 9.17) is 0 Å². The van der Waals surface area contributed by atoms with Gasteiger partial charge < -0.3 is 9.47 Å². The number of para-hydroxylation sites is 2. The molecule has 0 saturated carbocycles. The topological polar surface area (TPSA) is 51.3 Å². The Morgan fingerprint density at radius 3 is 2.03 bits per heavy atom. The molecule has 0 atom stereocenters. The first-order valence-electron chi connectivity index (χ1n) is 19.4. The predicted octanol–water partition coefficient (Wildman–Crippen LogP) is 15.8. The van der Waals surface area contributed by atoms with Crippen LogP contribution in [0.15, 0.2) is 199 Å². The van der Waals surface area contributed by atoms with E-state index in [0.717, 1.165) is 55.9 Å². The average molecular weight is 843 g/mol. The smallest absolute Gasteiger partial charge is 0.278 e. The summed E-state index contributed by atoms with van der Waals surface area (Å²) in [4.78, 5) is 14.2. The van der Waals surface area contributed by atoms with Gasteiger partial charge in [0.05, 0.1) is 21.3 Å². The van der Waals surface area contributed by atoms with Crippen LogP contribution in [0.1, 0.15) is 0 Å². The third-order valence-corrected chi connectivity index (χ3v) is 12.9. The Labute approximate surface area is 351 Å². The SMILES string of the molecule is O=[N+]([O-])c1cc(Br)cc2cccc(-c3ccc(-c4cccc(N(c5ccc6c(c5)sc5ccccc56)c5ccc6c(c5)c5ccccc5n6-c5ccccc5)c4)cc3)c12. The molecule has 280 valence electrons. The minimum absolute atomic E-state index is 0.0819. The molecule has 2 aromatic heterocycles. The van der Waals surface area contributed by atoms with Crippen molar-refractivity contribution in [2.45, 2.75) is 0 Å². The molecule has 0 fully saturated rings. The van der Waals surface area contributed by atoms with Gasteiger partial charge in [-0.05, 0) is 100 Å². The number of anilines is 3. The molecular weight excluding hydrogens is 811 g/mol. The number of thiophene rings is 1. The highest BCUT2D eigenvalue weighted by atomic mass is 79.9. The fourth-order valence-electron chi connectivity index (χ4n) is 8.68. The van der Waals surface area contributed by atoms with Gasteiger partial charge in [-0.25, -0.2) is 0 Å². The average Bonchev–Trinajstić information content (AvgIpc) is 3.81. The Morgan fingerprint density at radius 2 is 1.19 bits per heavy atom. The molecule has 0 N–H and O–H groups in total. The normalized spacial score (nSPS) is 11.6. The number of fused-ring (bicyclic) bond motifs is 7. The van der Waals surface area contributed by atoms with Crippen LogP contribution in [0.4, 0.5) is 22.7 Å². The highest BCUT2D eigenvalue weighted by Crippen LogP contribution is 2.44. The lowest BCUT2D eigenvalue weighted by molar-refractivity contribution is -0.383. The van der Waals surface area contributed by atoms with E-state index in [1.54, 1.807) is 6.07 Å². The van der Waals surface area contributed by atoms with E-state index >= 15 is 0 Å². The maximum atomic E-state index is 12.1. The number of rotatable bonds is 7. The van der Waals surface area contributed by atoms with Crippen LogP contribution in [-0.4, -0.2) is 9.49 Å². The third-order valence-electron chi connectivity index (χ3n) is 11.3. The van der Waals surface area contributed by atoms with Crippen LogP contribution in [0.2, 0.25) is 0 Å². The van der Waals surface area contributed by atoms with Gasteiger partial charge in [-0.15, -0.1) is 11.3 Å². The van der Waals surface area contributed by atoms with Crippen molar-refractivity contribution in [1.82, 2.24) is 4.57 Å². The Morgan fingerprint density at radius 1 is 0.508 bits per heavy atom. The largest absolute Gasteiger partial charge is 0.310 e. The number of non-ortho nitro benzene ring substituents is 1. The summed E-state index contributed by atoms with van der Waals surface area (Å²) >= 11 is 5.27. The number of hydrogen-bond donors (Lipinski definition) is 0. The van der Waals surface area contributed by atoms with Gasteiger partial charge in [0.15, 0.2) is 0 Å². The van der Waals surface area contributed by atoms with Crippen molar-refractivity contribution in [1.29, 1.82) is 0 Å². The van der Waals surface area contributed by atoms with Gasteiger partial charge in [0.2, 0.25) is 0 Å². The lowest BCUT2D eigenvalue weighted by Crippen LogP contribution is -2.10. The molecule has 0 unspecified atom stereocenters. The van der Waals surface area contributed by atoms with Crippen LogP contribution in [0, 0.1) is 10.1 Å². The van der Waals surface area contributed by atoms with E-state index in [1.165, 1.54) is 36.5 Å². The monoisotopic (exact) mass is 841 g/mol. The number of aromatic nitrogens is 1. The molecule has 7 heteroatoms. The van der Waals surface area contributed by atoms with Crippen LogP contribution in [0.25, 0.3) is 80.7 Å². The van der Waals surface area contributed by atoms with Gasteiger partial charge in [0, 0.05) is 64.2 Å². The van der Waals surface area contributed by atoms with Crippen molar-refractivity contribution in [2.24, 2.45) is 0 Å². The number of hydrogen-bond acceptors (Lipinski definition) is 4. The minimum atomic E-state index is -0.306. The van der Waals surface area contributed by atoms with Gasteiger partial charge in [0.1, 0.15) is 0 Å². The quantitative estimate of drug-likeness (QED) is 0.119. The number of nitrogens with zero attached hydrogens (tertiary/aromatic N) is 3. The van der Waals surface area contributed by atoms with E-state index in [-0.39, 0.29) is 10.6 Å². The lowest BCUT2D eigenvalue weighted by Gasteiger charge is -2.26. The first-order chi connectivity index (χ1) is 29.0. The minimum Gasteiger partial charge on any atom is -0.310 e. The summed E-state index contributed by atoms with van der Waals surface area (Å²) < 4.78 is 5.54. The standard InChI is InChI=1S/C52H32BrN3O2S/c53-37-28-36-11-9-17-42(52(36)49(30-37)56(57)58)34-22-20-33(21-23-34)35-10-8-14-39(29-35)54(41-24-26-45-44-16-5-7-19-50(44)59-51(45)32-41)40-25-27-48-46(31-40)43-15-4-6-18-47(43)55(48)38-12-2-1-3-13-38/h1-32H. The van der Waals surface area contributed by atoms with Crippen LogP contribution in [-0.2, 0) is 0 Å². The van der Waals surface area contributed by atoms with Crippen molar-refractivity contribution in [2.75, 3.05) is 4.90 Å². The number of halogens is 1. The zero-order valence-electron chi connectivity index (χ0n) is 31.4. The summed E-state index contributed by atoms with van der Waals surface area (Å²) in [5, 5.41) is 18.5. The van der Waals surface area contributed by atoms with Crippen molar-refractivity contribution < 1.29 is 4.92 Å². The highest BCUT2D eigenvalue weighted by Gasteiger charge is 2.20. The maximum Gasteiger partial charge on any atom is 0.278 e. The fraction of sp³-hybridized carbons (Fsp3) is 0. The van der Waals surface area contributed by atoms with Gasteiger partial charge >= 0.3 is 0 Å². The summed E-state index contributed by atoms with van der Waals surface area (Å²) in [5.74, 6) is 0. The molecule has 0 amide bonds. The molecule has 0 aliphatic carbocycles. The molecule has 9 aromatic carbocycles. The zero-order valence-corrected chi connectivity index (χ0v) is 33.8. The number of nitro groups is 1. The van der Waals surface area contributed by atoms with Crippen LogP contribution in [0.3, 0.4) is 0 Å². The molecule has 0 aliphatic rings. The molecule has 59 heavy (non-hydrogen) atoms. The molecule has 0 spiro atoms. The Hall–Kier alpha value is -7.06. The Bertz CT molecular complexity index is 3450. The van der Waals surface area contributed by atoms with Gasteiger partial charge in [0.25, 0.3) is 5.69 Å². The molecule has 11 rings (SSSR count). The zero-order chi connectivity index (χ0) is 39.6. The molecule has 0 radical (unpaired) electrons. The van der Waals surface area contributed by atoms with E-state index < -0.39 is 0 Å². The van der Waals surface area contributed by atoms with Gasteiger partial charge in [-0.2, -0.15) is 0 Å². The van der Waals surface area contributed by atoms with E-state index in [1.807, 2.05) is 35.6 Å². The molecule has 5 nitrogen and oxygen atoms in total. The Balaban J connectivity index is 1.06. The van der Waals surface area contributed by atoms with E-state index in [2.05, 4.69) is 189 Å². The predicted molar refractivity (Wildman–Crippen MR) is 251 cm³/mol. The van der Waals surface area contributed by atoms with Gasteiger partial charge in [-0.1, -0.05) is 131 Å². The van der Waals surface area contributed by atoms with Crippen LogP contribution in [0.5, 0.6) is 0 Å². The first-order valence-corrected chi connectivity index (χ1v) is 21.0. The summed E-state index contributed by atoms with van der Waals surface area (Å²) in [6, 6.07) is 67.8. The van der Waals surface area contributed by atoms with Crippen LogP contribution < -0.4 is 4.90 Å². The summed E-state index contributed by atoms with van der Waals surface area (Å²) in [6.07, 6.45) is 0. The molecule has 2 heterocycles.